The molecule has 1 amide bonds. The van der Waals surface area contributed by atoms with E-state index in [1.807, 2.05) is 6.92 Å². The van der Waals surface area contributed by atoms with Crippen molar-refractivity contribution in [2.75, 3.05) is 0 Å². The number of nitrogens with zero attached hydrogens (tertiary/aromatic N) is 3. The highest BCUT2D eigenvalue weighted by Crippen LogP contribution is 2.46. The number of hydrogen-bond donors (Lipinski definition) is 2. The lowest BCUT2D eigenvalue weighted by Gasteiger charge is -2.17. The average Bonchev–Trinajstić information content (AvgIpc) is 3.28. The van der Waals surface area contributed by atoms with Crippen molar-refractivity contribution in [3.63, 3.8) is 0 Å². The van der Waals surface area contributed by atoms with E-state index in [0.717, 1.165) is 6.42 Å². The molecule has 3 aromatic rings. The van der Waals surface area contributed by atoms with Crippen molar-refractivity contribution in [2.45, 2.75) is 38.3 Å². The SMILES string of the molecule is CC[C@@H]1C[C@H](C(N)=O)C[C@@H]1c1nc(C(F)(F)F)c2cnc3[nH]ccc3n12. The number of halogens is 3. The van der Waals surface area contributed by atoms with Gasteiger partial charge in [0.15, 0.2) is 11.3 Å². The Kier molecular flexibility index (Phi) is 3.71. The number of fused-ring (bicyclic) bond motifs is 3. The van der Waals surface area contributed by atoms with Gasteiger partial charge in [0.1, 0.15) is 5.82 Å². The Morgan fingerprint density at radius 3 is 2.81 bits per heavy atom. The topological polar surface area (TPSA) is 89.1 Å². The van der Waals surface area contributed by atoms with Crippen LogP contribution in [0.25, 0.3) is 16.7 Å². The second-order valence-corrected chi connectivity index (χ2v) is 6.85. The van der Waals surface area contributed by atoms with E-state index in [1.54, 1.807) is 12.3 Å². The Morgan fingerprint density at radius 1 is 1.38 bits per heavy atom. The molecule has 0 radical (unpaired) electrons. The maximum Gasteiger partial charge on any atom is 0.435 e. The molecule has 1 aliphatic carbocycles. The minimum Gasteiger partial charge on any atom is -0.369 e. The van der Waals surface area contributed by atoms with Crippen LogP contribution in [0.2, 0.25) is 0 Å². The summed E-state index contributed by atoms with van der Waals surface area (Å²) >= 11 is 0. The molecule has 3 aromatic heterocycles. The predicted molar refractivity (Wildman–Crippen MR) is 88.3 cm³/mol. The number of nitrogens with two attached hydrogens (primary N) is 1. The summed E-state index contributed by atoms with van der Waals surface area (Å²) in [6.45, 7) is 1.97. The molecule has 0 aromatic carbocycles. The molecule has 6 nitrogen and oxygen atoms in total. The zero-order valence-corrected chi connectivity index (χ0v) is 14.0. The molecular weight excluding hydrogens is 347 g/mol. The quantitative estimate of drug-likeness (QED) is 0.747. The molecule has 0 spiro atoms. The van der Waals surface area contributed by atoms with Crippen molar-refractivity contribution < 1.29 is 18.0 Å². The van der Waals surface area contributed by atoms with Gasteiger partial charge in [0.2, 0.25) is 5.91 Å². The first-order valence-corrected chi connectivity index (χ1v) is 8.52. The maximum atomic E-state index is 13.5. The van der Waals surface area contributed by atoms with Crippen LogP contribution in [-0.2, 0) is 11.0 Å². The van der Waals surface area contributed by atoms with Crippen LogP contribution in [0.3, 0.4) is 0 Å². The van der Waals surface area contributed by atoms with Gasteiger partial charge in [-0.2, -0.15) is 13.2 Å². The maximum absolute atomic E-state index is 13.5. The van der Waals surface area contributed by atoms with Crippen molar-refractivity contribution in [3.05, 3.63) is 30.0 Å². The van der Waals surface area contributed by atoms with E-state index in [4.69, 9.17) is 5.73 Å². The number of primary amides is 1. The van der Waals surface area contributed by atoms with Crippen LogP contribution in [0.1, 0.15) is 43.6 Å². The first-order chi connectivity index (χ1) is 12.3. The molecule has 1 saturated carbocycles. The second kappa shape index (κ2) is 5.72. The van der Waals surface area contributed by atoms with Crippen LogP contribution in [0.15, 0.2) is 18.5 Å². The molecule has 0 saturated heterocycles. The van der Waals surface area contributed by atoms with E-state index in [0.29, 0.717) is 29.8 Å². The normalized spacial score (nSPS) is 23.9. The lowest BCUT2D eigenvalue weighted by Crippen LogP contribution is -2.20. The molecular formula is C17H18F3N5O. The van der Waals surface area contributed by atoms with Crippen LogP contribution >= 0.6 is 0 Å². The zero-order valence-electron chi connectivity index (χ0n) is 14.0. The van der Waals surface area contributed by atoms with E-state index in [2.05, 4.69) is 15.0 Å². The highest BCUT2D eigenvalue weighted by Gasteiger charge is 2.43. The van der Waals surface area contributed by atoms with Crippen LogP contribution in [0.4, 0.5) is 13.2 Å². The number of nitrogens with one attached hydrogen (secondary N) is 1. The number of carbonyl (C=O) groups excluding carboxylic acids is 1. The van der Waals surface area contributed by atoms with Crippen molar-refractivity contribution in [1.82, 2.24) is 19.4 Å². The van der Waals surface area contributed by atoms with Gasteiger partial charge in [-0.1, -0.05) is 13.3 Å². The van der Waals surface area contributed by atoms with Gasteiger partial charge in [-0.25, -0.2) is 9.97 Å². The Bertz CT molecular complexity index is 990. The molecule has 26 heavy (non-hydrogen) atoms. The van der Waals surface area contributed by atoms with E-state index in [1.165, 1.54) is 10.6 Å². The number of imidazole rings is 1. The van der Waals surface area contributed by atoms with Crippen LogP contribution in [0, 0.1) is 11.8 Å². The molecule has 1 aliphatic rings. The van der Waals surface area contributed by atoms with Gasteiger partial charge in [-0.05, 0) is 24.8 Å². The molecule has 3 N–H and O–H groups in total. The van der Waals surface area contributed by atoms with Crippen molar-refractivity contribution in [1.29, 1.82) is 0 Å². The summed E-state index contributed by atoms with van der Waals surface area (Å²) in [6, 6.07) is 1.68. The summed E-state index contributed by atoms with van der Waals surface area (Å²) in [6.07, 6.45) is -0.0246. The lowest BCUT2D eigenvalue weighted by molar-refractivity contribution is -0.139. The number of carbonyl (C=O) groups is 1. The van der Waals surface area contributed by atoms with Gasteiger partial charge in [0.25, 0.3) is 0 Å². The molecule has 4 rings (SSSR count). The fourth-order valence-electron chi connectivity index (χ4n) is 4.17. The highest BCUT2D eigenvalue weighted by atomic mass is 19.4. The van der Waals surface area contributed by atoms with Gasteiger partial charge in [-0.15, -0.1) is 0 Å². The predicted octanol–water partition coefficient (Wildman–Crippen LogP) is 3.23. The minimum atomic E-state index is -4.58. The van der Waals surface area contributed by atoms with Crippen molar-refractivity contribution in [3.8, 4) is 0 Å². The summed E-state index contributed by atoms with van der Waals surface area (Å²) in [5.41, 5.74) is 5.47. The third kappa shape index (κ3) is 2.45. The Balaban J connectivity index is 1.97. The van der Waals surface area contributed by atoms with Gasteiger partial charge in [-0.3, -0.25) is 9.20 Å². The van der Waals surface area contributed by atoms with Gasteiger partial charge in [0, 0.05) is 18.0 Å². The summed E-state index contributed by atoms with van der Waals surface area (Å²) < 4.78 is 42.2. The number of H-pyrrole nitrogens is 1. The fraction of sp³-hybridized carbons (Fsp3) is 0.471. The first kappa shape index (κ1) is 16.9. The van der Waals surface area contributed by atoms with Crippen LogP contribution in [0.5, 0.6) is 0 Å². The van der Waals surface area contributed by atoms with Crippen LogP contribution in [-0.4, -0.2) is 25.3 Å². The summed E-state index contributed by atoms with van der Waals surface area (Å²) in [4.78, 5) is 22.6. The zero-order chi connectivity index (χ0) is 18.6. The van der Waals surface area contributed by atoms with E-state index in [-0.39, 0.29) is 23.3 Å². The van der Waals surface area contributed by atoms with Gasteiger partial charge >= 0.3 is 6.18 Å². The Hall–Kier alpha value is -2.58. The smallest absolute Gasteiger partial charge is 0.369 e. The van der Waals surface area contributed by atoms with Gasteiger partial charge < -0.3 is 10.7 Å². The largest absolute Gasteiger partial charge is 0.435 e. The minimum absolute atomic E-state index is 0.0568. The standard InChI is InChI=1S/C17H18F3N5O/c1-2-8-5-9(14(21)26)6-10(8)16-24-13(17(18,19)20)12-7-23-15-11(25(12)16)3-4-22-15/h3-4,7-10,22H,2,5-6H2,1H3,(H2,21,26)/t8-,9+,10+/m1/s1. The van der Waals surface area contributed by atoms with E-state index >= 15 is 0 Å². The summed E-state index contributed by atoms with van der Waals surface area (Å²) in [5, 5.41) is 0. The van der Waals surface area contributed by atoms with Crippen molar-refractivity contribution in [2.24, 2.45) is 17.6 Å². The number of aromatic nitrogens is 4. The lowest BCUT2D eigenvalue weighted by atomic mass is 9.93. The molecule has 0 bridgehead atoms. The van der Waals surface area contributed by atoms with Crippen molar-refractivity contribution >= 4 is 22.6 Å². The monoisotopic (exact) mass is 365 g/mol. The number of amides is 1. The molecule has 138 valence electrons. The van der Waals surface area contributed by atoms with Crippen LogP contribution < -0.4 is 5.73 Å². The highest BCUT2D eigenvalue weighted by molar-refractivity contribution is 5.78. The Morgan fingerprint density at radius 2 is 2.15 bits per heavy atom. The summed E-state index contributed by atoms with van der Waals surface area (Å²) in [7, 11) is 0. The van der Waals surface area contributed by atoms with E-state index in [9.17, 15) is 18.0 Å². The third-order valence-electron chi connectivity index (χ3n) is 5.42. The van der Waals surface area contributed by atoms with E-state index < -0.39 is 17.8 Å². The summed E-state index contributed by atoms with van der Waals surface area (Å²) in [5.74, 6) is -0.621. The number of hydrogen-bond acceptors (Lipinski definition) is 3. The average molecular weight is 365 g/mol. The molecule has 0 aliphatic heterocycles. The number of aromatic amines is 1. The molecule has 3 atom stereocenters. The molecule has 1 fully saturated rings. The molecule has 3 heterocycles. The third-order valence-corrected chi connectivity index (χ3v) is 5.42. The second-order valence-electron chi connectivity index (χ2n) is 6.85. The number of alkyl halides is 3. The molecule has 0 unspecified atom stereocenters. The molecule has 9 heteroatoms. The first-order valence-electron chi connectivity index (χ1n) is 8.52. The number of rotatable bonds is 3. The Labute approximate surface area is 146 Å². The fourth-order valence-corrected chi connectivity index (χ4v) is 4.17. The van der Waals surface area contributed by atoms with Gasteiger partial charge in [0.05, 0.1) is 17.2 Å².